The summed E-state index contributed by atoms with van der Waals surface area (Å²) < 4.78 is 0. The van der Waals surface area contributed by atoms with E-state index in [1.165, 1.54) is 35.6 Å². The summed E-state index contributed by atoms with van der Waals surface area (Å²) in [5.74, 6) is 1.13. The molecule has 3 heteroatoms. The molecule has 0 aromatic heterocycles. The second-order valence-corrected chi connectivity index (χ2v) is 13.0. The van der Waals surface area contributed by atoms with E-state index in [2.05, 4.69) is 61.5 Å². The van der Waals surface area contributed by atoms with Crippen LogP contribution in [0.3, 0.4) is 0 Å². The van der Waals surface area contributed by atoms with Gasteiger partial charge in [0.15, 0.2) is 5.78 Å². The topological polar surface area (TPSA) is 51.2 Å². The van der Waals surface area contributed by atoms with Crippen molar-refractivity contribution in [3.8, 4) is 0 Å². The SMILES string of the molecule is CCCC(CC1CC(=O)c2c(C)c(CCCC(C)(C)C)cc(C(C)C)c2C1)C(CC)C(=O)CC(C)=O. The predicted octanol–water partition coefficient (Wildman–Crippen LogP) is 8.61. The first-order chi connectivity index (χ1) is 16.8. The van der Waals surface area contributed by atoms with Crippen LogP contribution in [0.4, 0.5) is 0 Å². The van der Waals surface area contributed by atoms with E-state index in [-0.39, 0.29) is 41.5 Å². The van der Waals surface area contributed by atoms with Crippen LogP contribution in [0.15, 0.2) is 6.07 Å². The van der Waals surface area contributed by atoms with Gasteiger partial charge in [0.2, 0.25) is 0 Å². The minimum absolute atomic E-state index is 0.0415. The second-order valence-electron chi connectivity index (χ2n) is 13.0. The Morgan fingerprint density at radius 3 is 2.31 bits per heavy atom. The molecule has 36 heavy (non-hydrogen) atoms. The molecule has 1 aliphatic carbocycles. The third-order valence-corrected chi connectivity index (χ3v) is 8.22. The maximum Gasteiger partial charge on any atom is 0.163 e. The molecule has 0 spiro atoms. The summed E-state index contributed by atoms with van der Waals surface area (Å²) in [6.07, 6.45) is 8.54. The van der Waals surface area contributed by atoms with Crippen molar-refractivity contribution in [1.82, 2.24) is 0 Å². The Morgan fingerprint density at radius 1 is 1.11 bits per heavy atom. The van der Waals surface area contributed by atoms with Crippen molar-refractivity contribution in [1.29, 1.82) is 0 Å². The van der Waals surface area contributed by atoms with Gasteiger partial charge < -0.3 is 0 Å². The molecule has 202 valence electrons. The quantitative estimate of drug-likeness (QED) is 0.257. The molecule has 0 bridgehead atoms. The molecule has 0 fully saturated rings. The van der Waals surface area contributed by atoms with Gasteiger partial charge in [0.1, 0.15) is 11.6 Å². The van der Waals surface area contributed by atoms with Crippen LogP contribution in [0.1, 0.15) is 145 Å². The van der Waals surface area contributed by atoms with E-state index in [0.29, 0.717) is 17.8 Å². The Kier molecular flexibility index (Phi) is 11.1. The van der Waals surface area contributed by atoms with E-state index in [9.17, 15) is 14.4 Å². The fourth-order valence-electron chi connectivity index (χ4n) is 6.47. The third-order valence-electron chi connectivity index (χ3n) is 8.22. The van der Waals surface area contributed by atoms with Crippen LogP contribution >= 0.6 is 0 Å². The van der Waals surface area contributed by atoms with Crippen molar-refractivity contribution in [3.63, 3.8) is 0 Å². The highest BCUT2D eigenvalue weighted by atomic mass is 16.1. The first-order valence-corrected chi connectivity index (χ1v) is 14.5. The zero-order valence-corrected chi connectivity index (χ0v) is 24.7. The van der Waals surface area contributed by atoms with E-state index in [4.69, 9.17) is 0 Å². The number of carbonyl (C=O) groups is 3. The average molecular weight is 497 g/mol. The summed E-state index contributed by atoms with van der Waals surface area (Å²) >= 11 is 0. The molecule has 3 unspecified atom stereocenters. The number of carbonyl (C=O) groups excluding carboxylic acids is 3. The number of hydrogen-bond donors (Lipinski definition) is 0. The minimum atomic E-state index is -0.0816. The molecular formula is C33H52O3. The van der Waals surface area contributed by atoms with Gasteiger partial charge in [-0.3, -0.25) is 14.4 Å². The smallest absolute Gasteiger partial charge is 0.163 e. The van der Waals surface area contributed by atoms with Gasteiger partial charge in [0.25, 0.3) is 0 Å². The molecule has 1 aliphatic rings. The number of ketones is 3. The Hall–Kier alpha value is -1.77. The Labute approximate surface area is 221 Å². The standard InChI is InChI=1S/C33H52O3/c1-10-13-26(27(11-2)30(35)16-22(5)34)17-24-18-29-28(21(3)4)20-25(14-12-15-33(7,8)9)23(6)32(29)31(36)19-24/h20-21,24,26-27H,10-19H2,1-9H3. The van der Waals surface area contributed by atoms with Gasteiger partial charge in [0, 0.05) is 17.9 Å². The molecule has 1 aromatic rings. The molecule has 0 amide bonds. The van der Waals surface area contributed by atoms with Crippen molar-refractivity contribution >= 4 is 17.3 Å². The van der Waals surface area contributed by atoms with Crippen LogP contribution in [0.25, 0.3) is 0 Å². The molecule has 0 saturated carbocycles. The van der Waals surface area contributed by atoms with Crippen LogP contribution in [0.2, 0.25) is 0 Å². The summed E-state index contributed by atoms with van der Waals surface area (Å²) in [7, 11) is 0. The van der Waals surface area contributed by atoms with Crippen molar-refractivity contribution in [3.05, 3.63) is 33.9 Å². The number of Topliss-reactive ketones (excluding diaryl/α,β-unsaturated/α-hetero) is 3. The highest BCUT2D eigenvalue weighted by molar-refractivity contribution is 6.01. The Morgan fingerprint density at radius 2 is 1.78 bits per heavy atom. The molecule has 0 aliphatic heterocycles. The summed E-state index contributed by atoms with van der Waals surface area (Å²) in [5.41, 5.74) is 6.46. The summed E-state index contributed by atoms with van der Waals surface area (Å²) in [6, 6.07) is 2.39. The second kappa shape index (κ2) is 13.2. The maximum absolute atomic E-state index is 13.6. The van der Waals surface area contributed by atoms with Gasteiger partial charge in [-0.15, -0.1) is 0 Å². The Balaban J connectivity index is 2.34. The van der Waals surface area contributed by atoms with E-state index < -0.39 is 0 Å². The van der Waals surface area contributed by atoms with Crippen LogP contribution in [0.5, 0.6) is 0 Å². The van der Waals surface area contributed by atoms with Crippen LogP contribution in [-0.4, -0.2) is 17.3 Å². The molecule has 0 N–H and O–H groups in total. The number of hydrogen-bond acceptors (Lipinski definition) is 3. The molecule has 0 saturated heterocycles. The van der Waals surface area contributed by atoms with Gasteiger partial charge >= 0.3 is 0 Å². The number of rotatable bonds is 13. The van der Waals surface area contributed by atoms with E-state index in [0.717, 1.165) is 50.5 Å². The molecule has 3 nitrogen and oxygen atoms in total. The van der Waals surface area contributed by atoms with Crippen LogP contribution in [0, 0.1) is 30.1 Å². The summed E-state index contributed by atoms with van der Waals surface area (Å²) in [5, 5.41) is 0. The van der Waals surface area contributed by atoms with Gasteiger partial charge in [-0.25, -0.2) is 0 Å². The zero-order valence-electron chi connectivity index (χ0n) is 24.7. The lowest BCUT2D eigenvalue weighted by Gasteiger charge is -2.33. The lowest BCUT2D eigenvalue weighted by atomic mass is 9.70. The highest BCUT2D eigenvalue weighted by Crippen LogP contribution is 2.40. The van der Waals surface area contributed by atoms with Crippen molar-refractivity contribution < 1.29 is 14.4 Å². The molecule has 0 radical (unpaired) electrons. The lowest BCUT2D eigenvalue weighted by molar-refractivity contribution is -0.129. The fraction of sp³-hybridized carbons (Fsp3) is 0.727. The van der Waals surface area contributed by atoms with Crippen molar-refractivity contribution in [2.75, 3.05) is 0 Å². The zero-order chi connectivity index (χ0) is 27.2. The lowest BCUT2D eigenvalue weighted by Crippen LogP contribution is -2.30. The fourth-order valence-corrected chi connectivity index (χ4v) is 6.47. The normalized spacial score (nSPS) is 17.7. The van der Waals surface area contributed by atoms with E-state index >= 15 is 0 Å². The van der Waals surface area contributed by atoms with Gasteiger partial charge in [-0.1, -0.05) is 67.4 Å². The van der Waals surface area contributed by atoms with Crippen molar-refractivity contribution in [2.45, 2.75) is 132 Å². The van der Waals surface area contributed by atoms with Crippen LogP contribution < -0.4 is 0 Å². The number of benzene rings is 1. The molecule has 3 atom stereocenters. The van der Waals surface area contributed by atoms with E-state index in [1.807, 2.05) is 0 Å². The molecule has 2 rings (SSSR count). The largest absolute Gasteiger partial charge is 0.300 e. The first kappa shape index (κ1) is 30.5. The summed E-state index contributed by atoms with van der Waals surface area (Å²) in [6.45, 7) is 19.2. The van der Waals surface area contributed by atoms with Crippen molar-refractivity contribution in [2.24, 2.45) is 23.2 Å². The molecule has 1 aromatic carbocycles. The van der Waals surface area contributed by atoms with Gasteiger partial charge in [-0.2, -0.15) is 0 Å². The summed E-state index contributed by atoms with van der Waals surface area (Å²) in [4.78, 5) is 38.1. The van der Waals surface area contributed by atoms with Crippen LogP contribution in [-0.2, 0) is 22.4 Å². The first-order valence-electron chi connectivity index (χ1n) is 14.5. The minimum Gasteiger partial charge on any atom is -0.300 e. The molecular weight excluding hydrogens is 444 g/mol. The number of fused-ring (bicyclic) bond motifs is 1. The predicted molar refractivity (Wildman–Crippen MR) is 151 cm³/mol. The highest BCUT2D eigenvalue weighted by Gasteiger charge is 2.34. The van der Waals surface area contributed by atoms with Gasteiger partial charge in [0.05, 0.1) is 6.42 Å². The number of aryl methyl sites for hydroxylation is 1. The molecule has 0 heterocycles. The van der Waals surface area contributed by atoms with Gasteiger partial charge in [-0.05, 0) is 97.8 Å². The third kappa shape index (κ3) is 8.12. The monoisotopic (exact) mass is 496 g/mol. The maximum atomic E-state index is 13.6. The average Bonchev–Trinajstić information content (AvgIpc) is 2.74. The Bertz CT molecular complexity index is 931. The van der Waals surface area contributed by atoms with E-state index in [1.54, 1.807) is 0 Å².